The van der Waals surface area contributed by atoms with Gasteiger partial charge in [-0.05, 0) is 32.0 Å². The van der Waals surface area contributed by atoms with Gasteiger partial charge in [-0.1, -0.05) is 0 Å². The van der Waals surface area contributed by atoms with Crippen LogP contribution in [0.25, 0.3) is 0 Å². The zero-order chi connectivity index (χ0) is 14.3. The van der Waals surface area contributed by atoms with Crippen molar-refractivity contribution in [2.45, 2.75) is 26.4 Å². The van der Waals surface area contributed by atoms with Gasteiger partial charge in [-0.3, -0.25) is 4.79 Å². The normalized spacial score (nSPS) is 17.9. The molecular formula is C15H16FN3O. The third-order valence-corrected chi connectivity index (χ3v) is 3.93. The number of halogens is 1. The van der Waals surface area contributed by atoms with Gasteiger partial charge in [0.15, 0.2) is 0 Å². The van der Waals surface area contributed by atoms with E-state index in [2.05, 4.69) is 22.5 Å². The summed E-state index contributed by atoms with van der Waals surface area (Å²) >= 11 is 0. The Kier molecular flexibility index (Phi) is 3.04. The van der Waals surface area contributed by atoms with Crippen molar-refractivity contribution in [2.24, 2.45) is 0 Å². The second-order valence-electron chi connectivity index (χ2n) is 5.09. The molecule has 3 heterocycles. The molecule has 0 saturated heterocycles. The summed E-state index contributed by atoms with van der Waals surface area (Å²) in [7, 11) is 0. The molecule has 1 aliphatic heterocycles. The molecule has 2 aromatic heterocycles. The number of hydrogen-bond donors (Lipinski definition) is 0. The number of aromatic nitrogens is 2. The van der Waals surface area contributed by atoms with Gasteiger partial charge in [0.05, 0.1) is 6.04 Å². The first-order valence-corrected chi connectivity index (χ1v) is 6.66. The van der Waals surface area contributed by atoms with Crippen molar-refractivity contribution in [3.05, 3.63) is 53.4 Å². The van der Waals surface area contributed by atoms with Crippen molar-refractivity contribution in [2.75, 3.05) is 6.54 Å². The van der Waals surface area contributed by atoms with Crippen LogP contribution in [0.2, 0.25) is 0 Å². The monoisotopic (exact) mass is 273 g/mol. The first kappa shape index (κ1) is 12.8. The molecule has 1 unspecified atom stereocenters. The predicted molar refractivity (Wildman–Crippen MR) is 72.8 cm³/mol. The van der Waals surface area contributed by atoms with E-state index in [-0.39, 0.29) is 11.9 Å². The fourth-order valence-corrected chi connectivity index (χ4v) is 2.80. The van der Waals surface area contributed by atoms with E-state index in [4.69, 9.17) is 0 Å². The molecule has 104 valence electrons. The van der Waals surface area contributed by atoms with Crippen LogP contribution in [0.3, 0.4) is 0 Å². The Bertz CT molecular complexity index is 665. The Morgan fingerprint density at radius 1 is 1.35 bits per heavy atom. The van der Waals surface area contributed by atoms with Crippen molar-refractivity contribution in [1.82, 2.24) is 14.5 Å². The highest BCUT2D eigenvalue weighted by Gasteiger charge is 2.29. The fourth-order valence-electron chi connectivity index (χ4n) is 2.80. The highest BCUT2D eigenvalue weighted by Crippen LogP contribution is 2.28. The minimum Gasteiger partial charge on any atom is -0.345 e. The summed E-state index contributed by atoms with van der Waals surface area (Å²) in [6.07, 6.45) is 1.32. The molecule has 0 spiro atoms. The van der Waals surface area contributed by atoms with Gasteiger partial charge in [0.2, 0.25) is 5.95 Å². The fraction of sp³-hybridized carbons (Fsp3) is 0.333. The van der Waals surface area contributed by atoms with E-state index in [9.17, 15) is 9.18 Å². The maximum atomic E-state index is 13.1. The summed E-state index contributed by atoms with van der Waals surface area (Å²) in [5.74, 6) is -0.774. The second-order valence-corrected chi connectivity index (χ2v) is 5.09. The van der Waals surface area contributed by atoms with E-state index >= 15 is 0 Å². The van der Waals surface area contributed by atoms with Gasteiger partial charge in [-0.15, -0.1) is 0 Å². The average Bonchev–Trinajstić information content (AvgIpc) is 2.81. The topological polar surface area (TPSA) is 38.1 Å². The number of aryl methyl sites for hydroxylation is 1. The number of rotatable bonds is 1. The zero-order valence-electron chi connectivity index (χ0n) is 11.5. The molecule has 0 radical (unpaired) electrons. The minimum atomic E-state index is -0.625. The van der Waals surface area contributed by atoms with E-state index in [1.54, 1.807) is 11.0 Å². The number of pyridine rings is 1. The molecule has 1 amide bonds. The molecule has 0 fully saturated rings. The molecule has 1 atom stereocenters. The van der Waals surface area contributed by atoms with Crippen molar-refractivity contribution in [3.8, 4) is 0 Å². The zero-order valence-corrected chi connectivity index (χ0v) is 11.5. The Hall–Kier alpha value is -2.17. The number of carbonyl (C=O) groups is 1. The lowest BCUT2D eigenvalue weighted by molar-refractivity contribution is 0.0642. The van der Waals surface area contributed by atoms with Gasteiger partial charge >= 0.3 is 0 Å². The second kappa shape index (κ2) is 4.74. The molecule has 4 nitrogen and oxygen atoms in total. The van der Waals surface area contributed by atoms with Crippen LogP contribution in [0.5, 0.6) is 0 Å². The van der Waals surface area contributed by atoms with Crippen LogP contribution < -0.4 is 0 Å². The molecule has 3 rings (SSSR count). The lowest BCUT2D eigenvalue weighted by Gasteiger charge is -2.35. The van der Waals surface area contributed by atoms with Gasteiger partial charge in [0.25, 0.3) is 5.91 Å². The van der Waals surface area contributed by atoms with Crippen LogP contribution in [0.15, 0.2) is 30.5 Å². The quantitative estimate of drug-likeness (QED) is 0.749. The maximum Gasteiger partial charge on any atom is 0.254 e. The lowest BCUT2D eigenvalue weighted by atomic mass is 10.1. The Morgan fingerprint density at radius 2 is 2.15 bits per heavy atom. The van der Waals surface area contributed by atoms with Crippen molar-refractivity contribution in [3.63, 3.8) is 0 Å². The molecule has 5 heteroatoms. The third kappa shape index (κ3) is 1.99. The molecule has 0 aromatic carbocycles. The molecule has 0 saturated carbocycles. The Balaban J connectivity index is 1.91. The van der Waals surface area contributed by atoms with Crippen LogP contribution in [-0.2, 0) is 6.54 Å². The van der Waals surface area contributed by atoms with Gasteiger partial charge < -0.3 is 9.47 Å². The van der Waals surface area contributed by atoms with E-state index in [0.717, 1.165) is 12.2 Å². The van der Waals surface area contributed by atoms with Gasteiger partial charge in [0, 0.05) is 42.3 Å². The van der Waals surface area contributed by atoms with Crippen LogP contribution in [0.4, 0.5) is 4.39 Å². The van der Waals surface area contributed by atoms with Gasteiger partial charge in [-0.2, -0.15) is 4.39 Å². The molecule has 2 aromatic rings. The van der Waals surface area contributed by atoms with Gasteiger partial charge in [-0.25, -0.2) is 4.98 Å². The summed E-state index contributed by atoms with van der Waals surface area (Å²) in [5.41, 5.74) is 2.67. The largest absolute Gasteiger partial charge is 0.345 e. The molecule has 0 N–H and O–H groups in total. The van der Waals surface area contributed by atoms with Crippen LogP contribution in [0.1, 0.15) is 34.7 Å². The molecular weight excluding hydrogens is 257 g/mol. The predicted octanol–water partition coefficient (Wildman–Crippen LogP) is 2.55. The molecule has 20 heavy (non-hydrogen) atoms. The maximum absolute atomic E-state index is 13.1. The van der Waals surface area contributed by atoms with Crippen molar-refractivity contribution < 1.29 is 9.18 Å². The number of nitrogens with zero attached hydrogens (tertiary/aromatic N) is 3. The first-order chi connectivity index (χ1) is 9.58. The van der Waals surface area contributed by atoms with E-state index in [1.165, 1.54) is 18.0 Å². The minimum absolute atomic E-state index is 0.0128. The first-order valence-electron chi connectivity index (χ1n) is 6.66. The summed E-state index contributed by atoms with van der Waals surface area (Å²) in [6, 6.07) is 6.84. The highest BCUT2D eigenvalue weighted by molar-refractivity contribution is 5.94. The van der Waals surface area contributed by atoms with Gasteiger partial charge in [0.1, 0.15) is 0 Å². The van der Waals surface area contributed by atoms with Crippen LogP contribution in [-0.4, -0.2) is 26.9 Å². The number of hydrogen-bond acceptors (Lipinski definition) is 2. The van der Waals surface area contributed by atoms with E-state index in [0.29, 0.717) is 12.1 Å². The lowest BCUT2D eigenvalue weighted by Crippen LogP contribution is -2.41. The van der Waals surface area contributed by atoms with Crippen molar-refractivity contribution >= 4 is 5.91 Å². The highest BCUT2D eigenvalue weighted by atomic mass is 19.1. The average molecular weight is 273 g/mol. The van der Waals surface area contributed by atoms with Crippen molar-refractivity contribution in [1.29, 1.82) is 0 Å². The molecule has 0 aliphatic carbocycles. The SMILES string of the molecule is Cc1ccc2n1CCN(C(=O)c1ccnc(F)c1)C2C. The third-order valence-electron chi connectivity index (χ3n) is 3.93. The molecule has 0 bridgehead atoms. The Morgan fingerprint density at radius 3 is 2.90 bits per heavy atom. The molecule has 1 aliphatic rings. The number of carbonyl (C=O) groups excluding carboxylic acids is 1. The summed E-state index contributed by atoms with van der Waals surface area (Å²) in [6.45, 7) is 5.47. The van der Waals surface area contributed by atoms with E-state index < -0.39 is 5.95 Å². The summed E-state index contributed by atoms with van der Waals surface area (Å²) < 4.78 is 15.4. The smallest absolute Gasteiger partial charge is 0.254 e. The number of amides is 1. The number of fused-ring (bicyclic) bond motifs is 1. The van der Waals surface area contributed by atoms with Crippen LogP contribution in [0, 0.1) is 12.9 Å². The van der Waals surface area contributed by atoms with Crippen LogP contribution >= 0.6 is 0 Å². The summed E-state index contributed by atoms with van der Waals surface area (Å²) in [5, 5.41) is 0. The standard InChI is InChI=1S/C15H16FN3O/c1-10-3-4-13-11(2)19(8-7-18(10)13)15(20)12-5-6-17-14(16)9-12/h3-6,9,11H,7-8H2,1-2H3. The Labute approximate surface area is 116 Å². The summed E-state index contributed by atoms with van der Waals surface area (Å²) in [4.78, 5) is 17.8. The van der Waals surface area contributed by atoms with E-state index in [1.807, 2.05) is 13.0 Å².